The lowest BCUT2D eigenvalue weighted by atomic mass is 10.1. The number of urea groups is 1. The lowest BCUT2D eigenvalue weighted by molar-refractivity contribution is -0.122. The van der Waals surface area contributed by atoms with Crippen LogP contribution in [-0.2, 0) is 9.59 Å². The van der Waals surface area contributed by atoms with Crippen molar-refractivity contribution >= 4 is 35.5 Å². The van der Waals surface area contributed by atoms with Crippen molar-refractivity contribution in [2.24, 2.45) is 0 Å². The second-order valence-electron chi connectivity index (χ2n) is 6.30. The highest BCUT2D eigenvalue weighted by Crippen LogP contribution is 2.26. The van der Waals surface area contributed by atoms with Gasteiger partial charge in [-0.05, 0) is 49.2 Å². The molecule has 0 unspecified atom stereocenters. The molecule has 8 heteroatoms. The SMILES string of the molecule is O=C1NC(=O)N(c2ccc(F)cc2)C(=O)/C1=C/c1ccc(N2CCCC2)o1. The summed E-state index contributed by atoms with van der Waals surface area (Å²) in [6, 6.07) is 7.41. The molecule has 1 N–H and O–H groups in total. The molecule has 4 rings (SSSR count). The summed E-state index contributed by atoms with van der Waals surface area (Å²) in [7, 11) is 0. The van der Waals surface area contributed by atoms with Crippen molar-refractivity contribution in [3.8, 4) is 0 Å². The Hall–Kier alpha value is -3.42. The maximum atomic E-state index is 13.1. The number of carbonyl (C=O) groups is 3. The standard InChI is InChI=1S/C19H16FN3O4/c20-12-3-5-13(6-4-12)23-18(25)15(17(24)21-19(23)26)11-14-7-8-16(27-14)22-9-1-2-10-22/h3-8,11H,1-2,9-10H2,(H,21,24,26)/b15-11+. The molecule has 0 saturated carbocycles. The molecular formula is C19H16FN3O4. The van der Waals surface area contributed by atoms with Gasteiger partial charge in [-0.25, -0.2) is 14.1 Å². The zero-order valence-electron chi connectivity index (χ0n) is 14.3. The van der Waals surface area contributed by atoms with Crippen LogP contribution in [0.4, 0.5) is 20.8 Å². The first-order valence-electron chi connectivity index (χ1n) is 8.55. The van der Waals surface area contributed by atoms with E-state index in [1.165, 1.54) is 18.2 Å². The van der Waals surface area contributed by atoms with Crippen LogP contribution in [0.5, 0.6) is 0 Å². The lowest BCUT2D eigenvalue weighted by Crippen LogP contribution is -2.54. The molecule has 0 aliphatic carbocycles. The number of anilines is 2. The molecule has 1 aromatic heterocycles. The molecule has 2 aromatic rings. The average molecular weight is 369 g/mol. The number of carbonyl (C=O) groups excluding carboxylic acids is 3. The molecule has 2 saturated heterocycles. The van der Waals surface area contributed by atoms with E-state index in [2.05, 4.69) is 10.2 Å². The van der Waals surface area contributed by atoms with E-state index in [0.717, 1.165) is 43.0 Å². The zero-order valence-corrected chi connectivity index (χ0v) is 14.3. The van der Waals surface area contributed by atoms with Gasteiger partial charge in [0.1, 0.15) is 17.2 Å². The van der Waals surface area contributed by atoms with Crippen molar-refractivity contribution in [2.75, 3.05) is 22.9 Å². The molecular weight excluding hydrogens is 353 g/mol. The molecule has 2 fully saturated rings. The van der Waals surface area contributed by atoms with Crippen LogP contribution >= 0.6 is 0 Å². The van der Waals surface area contributed by atoms with Crippen molar-refractivity contribution in [1.82, 2.24) is 5.32 Å². The van der Waals surface area contributed by atoms with Gasteiger partial charge in [-0.2, -0.15) is 0 Å². The quantitative estimate of drug-likeness (QED) is 0.664. The normalized spacial score (nSPS) is 19.1. The van der Waals surface area contributed by atoms with Gasteiger partial charge in [0.05, 0.1) is 5.69 Å². The van der Waals surface area contributed by atoms with Gasteiger partial charge in [0.2, 0.25) is 0 Å². The Bertz CT molecular complexity index is 942. The summed E-state index contributed by atoms with van der Waals surface area (Å²) in [6.07, 6.45) is 3.49. The molecule has 27 heavy (non-hydrogen) atoms. The highest BCUT2D eigenvalue weighted by molar-refractivity contribution is 6.39. The minimum Gasteiger partial charge on any atom is -0.441 e. The summed E-state index contributed by atoms with van der Waals surface area (Å²) in [5.41, 5.74) is -0.0734. The van der Waals surface area contributed by atoms with Crippen LogP contribution in [0.15, 0.2) is 46.4 Å². The maximum Gasteiger partial charge on any atom is 0.335 e. The predicted molar refractivity (Wildman–Crippen MR) is 95.6 cm³/mol. The van der Waals surface area contributed by atoms with Crippen LogP contribution in [0.2, 0.25) is 0 Å². The number of barbiturate groups is 1. The highest BCUT2D eigenvalue weighted by atomic mass is 19.1. The highest BCUT2D eigenvalue weighted by Gasteiger charge is 2.37. The van der Waals surface area contributed by atoms with Gasteiger partial charge in [0.25, 0.3) is 11.8 Å². The molecule has 0 radical (unpaired) electrons. The van der Waals surface area contributed by atoms with Crippen LogP contribution in [0.25, 0.3) is 6.08 Å². The van der Waals surface area contributed by atoms with E-state index >= 15 is 0 Å². The van der Waals surface area contributed by atoms with Crippen molar-refractivity contribution in [1.29, 1.82) is 0 Å². The molecule has 2 aliphatic rings. The first kappa shape index (κ1) is 17.0. The number of rotatable bonds is 3. The number of nitrogens with zero attached hydrogens (tertiary/aromatic N) is 2. The number of imide groups is 2. The van der Waals surface area contributed by atoms with Crippen molar-refractivity contribution < 1.29 is 23.2 Å². The Balaban J connectivity index is 1.64. The van der Waals surface area contributed by atoms with Crippen molar-refractivity contribution in [3.05, 3.63) is 53.5 Å². The largest absolute Gasteiger partial charge is 0.441 e. The average Bonchev–Trinajstić information content (AvgIpc) is 3.31. The molecule has 3 heterocycles. The second kappa shape index (κ2) is 6.71. The van der Waals surface area contributed by atoms with Crippen LogP contribution in [0.3, 0.4) is 0 Å². The van der Waals surface area contributed by atoms with Gasteiger partial charge in [-0.3, -0.25) is 14.9 Å². The number of halogens is 1. The van der Waals surface area contributed by atoms with Crippen LogP contribution in [0.1, 0.15) is 18.6 Å². The van der Waals surface area contributed by atoms with Crippen LogP contribution < -0.4 is 15.1 Å². The minimum absolute atomic E-state index is 0.162. The van der Waals surface area contributed by atoms with E-state index in [1.807, 2.05) is 0 Å². The monoisotopic (exact) mass is 369 g/mol. The van der Waals surface area contributed by atoms with Crippen molar-refractivity contribution in [2.45, 2.75) is 12.8 Å². The number of amides is 4. The first-order chi connectivity index (χ1) is 13.0. The van der Waals surface area contributed by atoms with E-state index in [-0.39, 0.29) is 11.3 Å². The number of nitrogens with one attached hydrogen (secondary N) is 1. The Kier molecular flexibility index (Phi) is 4.23. The number of hydrogen-bond donors (Lipinski definition) is 1. The van der Waals surface area contributed by atoms with Crippen LogP contribution in [0, 0.1) is 5.82 Å². The summed E-state index contributed by atoms with van der Waals surface area (Å²) in [5.74, 6) is -1.09. The molecule has 0 bridgehead atoms. The fraction of sp³-hybridized carbons (Fsp3) is 0.211. The molecule has 0 atom stereocenters. The molecule has 2 aliphatic heterocycles. The Labute approximate surface area is 154 Å². The predicted octanol–water partition coefficient (Wildman–Crippen LogP) is 2.69. The summed E-state index contributed by atoms with van der Waals surface area (Å²) in [5, 5.41) is 2.12. The van der Waals surface area contributed by atoms with Gasteiger partial charge in [0.15, 0.2) is 5.88 Å². The molecule has 0 spiro atoms. The fourth-order valence-corrected chi connectivity index (χ4v) is 3.15. The Morgan fingerprint density at radius 3 is 2.41 bits per heavy atom. The Morgan fingerprint density at radius 2 is 1.70 bits per heavy atom. The van der Waals surface area contributed by atoms with E-state index < -0.39 is 23.7 Å². The maximum absolute atomic E-state index is 13.1. The summed E-state index contributed by atoms with van der Waals surface area (Å²) in [4.78, 5) is 39.9. The van der Waals surface area contributed by atoms with Gasteiger partial charge in [0, 0.05) is 19.2 Å². The number of furan rings is 1. The first-order valence-corrected chi connectivity index (χ1v) is 8.55. The van der Waals surface area contributed by atoms with Gasteiger partial charge >= 0.3 is 6.03 Å². The molecule has 1 aromatic carbocycles. The summed E-state index contributed by atoms with van der Waals surface area (Å²) < 4.78 is 18.8. The van der Waals surface area contributed by atoms with Gasteiger partial charge in [-0.1, -0.05) is 0 Å². The molecule has 138 valence electrons. The fourth-order valence-electron chi connectivity index (χ4n) is 3.15. The number of benzene rings is 1. The second-order valence-corrected chi connectivity index (χ2v) is 6.30. The lowest BCUT2D eigenvalue weighted by Gasteiger charge is -2.26. The number of hydrogen-bond acceptors (Lipinski definition) is 5. The van der Waals surface area contributed by atoms with Gasteiger partial charge in [-0.15, -0.1) is 0 Å². The smallest absolute Gasteiger partial charge is 0.335 e. The van der Waals surface area contributed by atoms with E-state index in [1.54, 1.807) is 12.1 Å². The topological polar surface area (TPSA) is 82.9 Å². The van der Waals surface area contributed by atoms with E-state index in [4.69, 9.17) is 4.42 Å². The van der Waals surface area contributed by atoms with Crippen molar-refractivity contribution in [3.63, 3.8) is 0 Å². The third-order valence-corrected chi connectivity index (χ3v) is 4.50. The Morgan fingerprint density at radius 1 is 1.00 bits per heavy atom. The molecule has 4 amide bonds. The van der Waals surface area contributed by atoms with E-state index in [9.17, 15) is 18.8 Å². The zero-order chi connectivity index (χ0) is 19.0. The third kappa shape index (κ3) is 3.21. The third-order valence-electron chi connectivity index (χ3n) is 4.50. The minimum atomic E-state index is -0.883. The summed E-state index contributed by atoms with van der Waals surface area (Å²) in [6.45, 7) is 1.80. The van der Waals surface area contributed by atoms with Crippen LogP contribution in [-0.4, -0.2) is 30.9 Å². The molecule has 7 nitrogen and oxygen atoms in total. The summed E-state index contributed by atoms with van der Waals surface area (Å²) >= 11 is 0. The van der Waals surface area contributed by atoms with E-state index in [0.29, 0.717) is 11.6 Å². The van der Waals surface area contributed by atoms with Gasteiger partial charge < -0.3 is 9.32 Å².